The molecular formula is C30H36N4O6S. The van der Waals surface area contributed by atoms with Gasteiger partial charge in [-0.3, -0.25) is 14.4 Å². The Bertz CT molecular complexity index is 1300. The zero-order valence-corrected chi connectivity index (χ0v) is 23.9. The highest BCUT2D eigenvalue weighted by Gasteiger charge is 2.30. The molecule has 0 saturated carbocycles. The smallest absolute Gasteiger partial charge is 0.326 e. The maximum Gasteiger partial charge on any atom is 0.326 e. The van der Waals surface area contributed by atoms with Gasteiger partial charge in [-0.25, -0.2) is 9.78 Å². The van der Waals surface area contributed by atoms with E-state index in [2.05, 4.69) is 20.9 Å². The Labute approximate surface area is 243 Å². The molecule has 0 fully saturated rings. The van der Waals surface area contributed by atoms with Crippen LogP contribution in [0, 0.1) is 5.92 Å². The number of benzene rings is 2. The fourth-order valence-corrected chi connectivity index (χ4v) is 4.95. The molecule has 11 heteroatoms. The van der Waals surface area contributed by atoms with Crippen molar-refractivity contribution in [1.82, 2.24) is 20.9 Å². The van der Waals surface area contributed by atoms with E-state index in [1.54, 1.807) is 24.3 Å². The van der Waals surface area contributed by atoms with Crippen molar-refractivity contribution in [2.45, 2.75) is 64.1 Å². The van der Waals surface area contributed by atoms with Gasteiger partial charge >= 0.3 is 5.97 Å². The van der Waals surface area contributed by atoms with Gasteiger partial charge in [-0.15, -0.1) is 0 Å². The molecule has 0 spiro atoms. The third-order valence-corrected chi connectivity index (χ3v) is 7.13. The lowest BCUT2D eigenvalue weighted by Gasteiger charge is -2.25. The molecule has 0 aliphatic rings. The van der Waals surface area contributed by atoms with Crippen LogP contribution >= 0.6 is 11.3 Å². The Morgan fingerprint density at radius 2 is 1.41 bits per heavy atom. The van der Waals surface area contributed by atoms with Crippen LogP contribution in [0.25, 0.3) is 0 Å². The average molecular weight is 581 g/mol. The Morgan fingerprint density at radius 1 is 0.829 bits per heavy atom. The minimum absolute atomic E-state index is 0.0137. The maximum atomic E-state index is 13.5. The average Bonchev–Trinajstić information content (AvgIpc) is 3.34. The molecule has 41 heavy (non-hydrogen) atoms. The van der Waals surface area contributed by atoms with Gasteiger partial charge in [0.05, 0.1) is 6.42 Å². The summed E-state index contributed by atoms with van der Waals surface area (Å²) < 4.78 is 0. The summed E-state index contributed by atoms with van der Waals surface area (Å²) >= 11 is 0.974. The molecule has 0 aliphatic heterocycles. The Balaban J connectivity index is 1.73. The number of aromatic nitrogens is 1. The van der Waals surface area contributed by atoms with Crippen molar-refractivity contribution in [1.29, 1.82) is 0 Å². The Hall–Kier alpha value is -4.25. The van der Waals surface area contributed by atoms with Crippen molar-refractivity contribution in [2.75, 3.05) is 0 Å². The Morgan fingerprint density at radius 3 is 1.98 bits per heavy atom. The molecule has 3 amide bonds. The molecule has 3 atom stereocenters. The second kappa shape index (κ2) is 15.5. The highest BCUT2D eigenvalue weighted by atomic mass is 32.1. The minimum atomic E-state index is -1.18. The van der Waals surface area contributed by atoms with Gasteiger partial charge in [0, 0.05) is 17.5 Å². The third-order valence-electron chi connectivity index (χ3n) is 6.33. The molecule has 0 saturated heterocycles. The van der Waals surface area contributed by atoms with Crippen molar-refractivity contribution in [3.63, 3.8) is 0 Å². The van der Waals surface area contributed by atoms with Gasteiger partial charge in [0.2, 0.25) is 17.7 Å². The number of nitrogens with one attached hydrogen (secondary N) is 3. The third kappa shape index (κ3) is 10.7. The molecule has 5 N–H and O–H groups in total. The SMILES string of the molecule is CC(C)C[C@H](NC(=O)[C@H](CCc1ccccc1)NC(=O)Cc1cnc(O)s1)C(=O)N[C@@H](Cc1ccccc1)C(=O)O. The first-order valence-electron chi connectivity index (χ1n) is 13.4. The number of aromatic hydroxyl groups is 1. The van der Waals surface area contributed by atoms with E-state index < -0.39 is 41.8 Å². The normalized spacial score (nSPS) is 13.1. The lowest BCUT2D eigenvalue weighted by atomic mass is 10.00. The maximum absolute atomic E-state index is 13.5. The van der Waals surface area contributed by atoms with E-state index in [0.717, 1.165) is 22.5 Å². The summed E-state index contributed by atoms with van der Waals surface area (Å²) in [4.78, 5) is 55.8. The van der Waals surface area contributed by atoms with Crippen LogP contribution in [0.3, 0.4) is 0 Å². The fraction of sp³-hybridized carbons (Fsp3) is 0.367. The molecule has 2 aromatic carbocycles. The number of carboxylic acid groups (broad SMARTS) is 1. The minimum Gasteiger partial charge on any atom is -0.486 e. The van der Waals surface area contributed by atoms with Crippen LogP contribution in [0.1, 0.15) is 42.7 Å². The van der Waals surface area contributed by atoms with Gasteiger partial charge in [-0.2, -0.15) is 0 Å². The number of carbonyl (C=O) groups excluding carboxylic acids is 3. The van der Waals surface area contributed by atoms with Crippen LogP contribution in [-0.2, 0) is 38.4 Å². The molecular weight excluding hydrogens is 544 g/mol. The van der Waals surface area contributed by atoms with Gasteiger partial charge in [0.15, 0.2) is 0 Å². The zero-order valence-electron chi connectivity index (χ0n) is 23.1. The number of amides is 3. The van der Waals surface area contributed by atoms with Gasteiger partial charge in [-0.1, -0.05) is 85.8 Å². The molecule has 0 unspecified atom stereocenters. The first-order chi connectivity index (χ1) is 19.6. The zero-order chi connectivity index (χ0) is 29.8. The standard InChI is InChI=1S/C30H36N4O6S/c1-19(2)15-24(28(37)34-25(29(38)39)16-21-11-7-4-8-12-21)33-27(36)23(14-13-20-9-5-3-6-10-20)32-26(35)17-22-18-31-30(40)41-22/h3-12,18-19,23-25H,13-17H2,1-2H3,(H,31,40)(H,32,35)(H,33,36)(H,34,37)(H,38,39)/t23-,24-,25-/m0/s1. The number of nitrogens with zero attached hydrogens (tertiary/aromatic N) is 1. The van der Waals surface area contributed by atoms with Crippen molar-refractivity contribution in [2.24, 2.45) is 5.92 Å². The molecule has 0 aliphatic carbocycles. The number of thiazole rings is 1. The topological polar surface area (TPSA) is 158 Å². The lowest BCUT2D eigenvalue weighted by molar-refractivity contribution is -0.142. The van der Waals surface area contributed by atoms with E-state index in [9.17, 15) is 29.4 Å². The second-order valence-corrected chi connectivity index (χ2v) is 11.3. The summed E-state index contributed by atoms with van der Waals surface area (Å²) in [6.07, 6.45) is 2.47. The predicted octanol–water partition coefficient (Wildman–Crippen LogP) is 2.85. The highest BCUT2D eigenvalue weighted by Crippen LogP contribution is 2.19. The molecule has 0 bridgehead atoms. The predicted molar refractivity (Wildman–Crippen MR) is 155 cm³/mol. The number of carbonyl (C=O) groups is 4. The van der Waals surface area contributed by atoms with Gasteiger partial charge < -0.3 is 26.2 Å². The van der Waals surface area contributed by atoms with Crippen molar-refractivity contribution >= 4 is 35.0 Å². The number of carboxylic acids is 1. The van der Waals surface area contributed by atoms with E-state index in [-0.39, 0.29) is 36.8 Å². The molecule has 10 nitrogen and oxygen atoms in total. The van der Waals surface area contributed by atoms with E-state index in [1.165, 1.54) is 6.20 Å². The van der Waals surface area contributed by atoms with Crippen LogP contribution in [-0.4, -0.2) is 57.0 Å². The van der Waals surface area contributed by atoms with Crippen LogP contribution in [0.2, 0.25) is 0 Å². The Kier molecular flexibility index (Phi) is 11.8. The fourth-order valence-electron chi connectivity index (χ4n) is 4.30. The van der Waals surface area contributed by atoms with Crippen molar-refractivity contribution < 1.29 is 29.4 Å². The quantitative estimate of drug-likeness (QED) is 0.185. The summed E-state index contributed by atoms with van der Waals surface area (Å²) in [6, 6.07) is 15.3. The summed E-state index contributed by atoms with van der Waals surface area (Å²) in [7, 11) is 0. The van der Waals surface area contributed by atoms with Gasteiger partial charge in [0.25, 0.3) is 5.19 Å². The molecule has 218 valence electrons. The van der Waals surface area contributed by atoms with Crippen LogP contribution < -0.4 is 16.0 Å². The first-order valence-corrected chi connectivity index (χ1v) is 14.3. The lowest BCUT2D eigenvalue weighted by Crippen LogP contribution is -2.56. The summed E-state index contributed by atoms with van der Waals surface area (Å²) in [6.45, 7) is 3.79. The summed E-state index contributed by atoms with van der Waals surface area (Å²) in [5.74, 6) is -2.75. The van der Waals surface area contributed by atoms with E-state index in [1.807, 2.05) is 50.2 Å². The van der Waals surface area contributed by atoms with Crippen LogP contribution in [0.5, 0.6) is 5.19 Å². The number of hydrogen-bond acceptors (Lipinski definition) is 7. The molecule has 3 rings (SSSR count). The summed E-state index contributed by atoms with van der Waals surface area (Å²) in [5, 5.41) is 27.2. The number of rotatable bonds is 15. The molecule has 0 radical (unpaired) electrons. The van der Waals surface area contributed by atoms with E-state index in [0.29, 0.717) is 11.3 Å². The monoisotopic (exact) mass is 580 g/mol. The first kappa shape index (κ1) is 31.3. The molecule has 1 aromatic heterocycles. The number of aliphatic carboxylic acids is 1. The van der Waals surface area contributed by atoms with Crippen molar-refractivity contribution in [3.05, 3.63) is 82.9 Å². The molecule has 1 heterocycles. The largest absolute Gasteiger partial charge is 0.486 e. The van der Waals surface area contributed by atoms with E-state index >= 15 is 0 Å². The highest BCUT2D eigenvalue weighted by molar-refractivity contribution is 7.13. The number of hydrogen-bond donors (Lipinski definition) is 5. The van der Waals surface area contributed by atoms with Crippen LogP contribution in [0.15, 0.2) is 66.9 Å². The van der Waals surface area contributed by atoms with Crippen molar-refractivity contribution in [3.8, 4) is 5.19 Å². The van der Waals surface area contributed by atoms with E-state index in [4.69, 9.17) is 0 Å². The molecule has 3 aromatic rings. The van der Waals surface area contributed by atoms with Gasteiger partial charge in [-0.05, 0) is 36.3 Å². The summed E-state index contributed by atoms with van der Waals surface area (Å²) in [5.41, 5.74) is 1.73. The number of aryl methyl sites for hydroxylation is 1. The van der Waals surface area contributed by atoms with Crippen LogP contribution in [0.4, 0.5) is 0 Å². The van der Waals surface area contributed by atoms with Gasteiger partial charge in [0.1, 0.15) is 18.1 Å². The second-order valence-electron chi connectivity index (χ2n) is 10.2.